The first-order valence-electron chi connectivity index (χ1n) is 10.8. The number of carbonyl (C=O) groups is 1. The second-order valence-corrected chi connectivity index (χ2v) is 8.01. The van der Waals surface area contributed by atoms with Gasteiger partial charge in [-0.3, -0.25) is 5.32 Å². The third-order valence-corrected chi connectivity index (χ3v) is 5.91. The van der Waals surface area contributed by atoms with Gasteiger partial charge in [0.1, 0.15) is 5.82 Å². The van der Waals surface area contributed by atoms with Crippen molar-refractivity contribution in [1.82, 2.24) is 10.1 Å². The van der Waals surface area contributed by atoms with E-state index < -0.39 is 6.09 Å². The van der Waals surface area contributed by atoms with Gasteiger partial charge in [-0.1, -0.05) is 5.16 Å². The van der Waals surface area contributed by atoms with Crippen LogP contribution in [-0.2, 0) is 4.74 Å². The van der Waals surface area contributed by atoms with Crippen molar-refractivity contribution in [3.8, 4) is 11.5 Å². The van der Waals surface area contributed by atoms with Crippen molar-refractivity contribution in [3.05, 3.63) is 47.9 Å². The van der Waals surface area contributed by atoms with Gasteiger partial charge in [-0.25, -0.2) is 9.18 Å². The van der Waals surface area contributed by atoms with Crippen LogP contribution in [0, 0.1) is 5.82 Å². The normalized spacial score (nSPS) is 16.4. The molecule has 0 aliphatic carbocycles. The third kappa shape index (κ3) is 4.47. The summed E-state index contributed by atoms with van der Waals surface area (Å²) in [6.45, 7) is 3.26. The molecule has 3 aromatic rings. The van der Waals surface area contributed by atoms with E-state index in [-0.39, 0.29) is 12.6 Å². The Kier molecular flexibility index (Phi) is 5.81. The van der Waals surface area contributed by atoms with Gasteiger partial charge < -0.3 is 23.6 Å². The Morgan fingerprint density at radius 1 is 1.16 bits per heavy atom. The SMILES string of the molecule is O=C(Nc1ccc2c(c1)OCO2)OCCCN1CCC(c2noc3cc(F)ccc23)CC1. The molecular formula is C23H24FN3O5. The summed E-state index contributed by atoms with van der Waals surface area (Å²) in [5, 5.41) is 7.79. The Hall–Kier alpha value is -3.33. The number of carbonyl (C=O) groups excluding carboxylic acids is 1. The van der Waals surface area contributed by atoms with Crippen LogP contribution in [0.2, 0.25) is 0 Å². The zero-order chi connectivity index (χ0) is 21.9. The monoisotopic (exact) mass is 441 g/mol. The average molecular weight is 441 g/mol. The number of fused-ring (bicyclic) bond motifs is 2. The van der Waals surface area contributed by atoms with Gasteiger partial charge in [0.15, 0.2) is 17.1 Å². The molecule has 8 nitrogen and oxygen atoms in total. The summed E-state index contributed by atoms with van der Waals surface area (Å²) in [6, 6.07) is 9.77. The van der Waals surface area contributed by atoms with Gasteiger partial charge in [-0.15, -0.1) is 0 Å². The molecule has 32 heavy (non-hydrogen) atoms. The molecule has 5 rings (SSSR count). The number of hydrogen-bond acceptors (Lipinski definition) is 7. The number of nitrogens with zero attached hydrogens (tertiary/aromatic N) is 2. The number of likely N-dealkylation sites (tertiary alicyclic amines) is 1. The van der Waals surface area contributed by atoms with E-state index >= 15 is 0 Å². The summed E-state index contributed by atoms with van der Waals surface area (Å²) in [4.78, 5) is 14.4. The van der Waals surface area contributed by atoms with Gasteiger partial charge in [0.2, 0.25) is 6.79 Å². The molecular weight excluding hydrogens is 417 g/mol. The van der Waals surface area contributed by atoms with Crippen LogP contribution >= 0.6 is 0 Å². The summed E-state index contributed by atoms with van der Waals surface area (Å²) in [5.41, 5.74) is 2.02. The molecule has 1 saturated heterocycles. The number of benzene rings is 2. The van der Waals surface area contributed by atoms with E-state index in [1.165, 1.54) is 12.1 Å². The van der Waals surface area contributed by atoms with Crippen LogP contribution in [0.3, 0.4) is 0 Å². The lowest BCUT2D eigenvalue weighted by atomic mass is 9.91. The Labute approximate surface area is 184 Å². The molecule has 0 radical (unpaired) electrons. The molecule has 0 spiro atoms. The van der Waals surface area contributed by atoms with Gasteiger partial charge in [0.05, 0.1) is 12.3 Å². The van der Waals surface area contributed by atoms with E-state index in [1.807, 2.05) is 0 Å². The number of piperidine rings is 1. The highest BCUT2D eigenvalue weighted by Crippen LogP contribution is 2.34. The molecule has 1 aromatic heterocycles. The number of amides is 1. The molecule has 0 saturated carbocycles. The lowest BCUT2D eigenvalue weighted by molar-refractivity contribution is 0.145. The molecule has 3 heterocycles. The van der Waals surface area contributed by atoms with Gasteiger partial charge in [-0.2, -0.15) is 0 Å². The molecule has 9 heteroatoms. The summed E-state index contributed by atoms with van der Waals surface area (Å²) in [5.74, 6) is 1.26. The van der Waals surface area contributed by atoms with Crippen molar-refractivity contribution >= 4 is 22.7 Å². The first-order valence-corrected chi connectivity index (χ1v) is 10.8. The number of aromatic nitrogens is 1. The number of hydrogen-bond donors (Lipinski definition) is 1. The highest BCUT2D eigenvalue weighted by molar-refractivity contribution is 5.85. The third-order valence-electron chi connectivity index (χ3n) is 5.91. The quantitative estimate of drug-likeness (QED) is 0.563. The summed E-state index contributed by atoms with van der Waals surface area (Å²) >= 11 is 0. The fraction of sp³-hybridized carbons (Fsp3) is 0.391. The minimum Gasteiger partial charge on any atom is -0.454 e. The number of ether oxygens (including phenoxy) is 3. The Balaban J connectivity index is 1.03. The predicted molar refractivity (Wildman–Crippen MR) is 115 cm³/mol. The molecule has 0 unspecified atom stereocenters. The number of nitrogens with one attached hydrogen (secondary N) is 1. The average Bonchev–Trinajstić information content (AvgIpc) is 3.43. The van der Waals surface area contributed by atoms with Crippen LogP contribution in [0.5, 0.6) is 11.5 Å². The predicted octanol–water partition coefficient (Wildman–Crippen LogP) is 4.51. The largest absolute Gasteiger partial charge is 0.454 e. The lowest BCUT2D eigenvalue weighted by Gasteiger charge is -2.31. The fourth-order valence-corrected chi connectivity index (χ4v) is 4.24. The molecule has 0 atom stereocenters. The summed E-state index contributed by atoms with van der Waals surface area (Å²) in [6.07, 6.45) is 2.19. The van der Waals surface area contributed by atoms with Crippen LogP contribution < -0.4 is 14.8 Å². The molecule has 0 bridgehead atoms. The Bertz CT molecular complexity index is 1110. The van der Waals surface area contributed by atoms with E-state index in [0.717, 1.165) is 50.0 Å². The van der Waals surface area contributed by atoms with Crippen LogP contribution in [0.1, 0.15) is 30.9 Å². The van der Waals surface area contributed by atoms with Crippen molar-refractivity contribution in [3.63, 3.8) is 0 Å². The fourth-order valence-electron chi connectivity index (χ4n) is 4.24. The van der Waals surface area contributed by atoms with Crippen molar-refractivity contribution in [2.75, 3.05) is 38.4 Å². The number of anilines is 1. The maximum absolute atomic E-state index is 13.4. The minimum absolute atomic E-state index is 0.190. The standard InChI is InChI=1S/C23H24FN3O5/c24-16-2-4-18-20(12-16)32-26-22(18)15-6-9-27(10-7-15)8-1-11-29-23(28)25-17-3-5-19-21(13-17)31-14-30-19/h2-5,12-13,15H,1,6-11,14H2,(H,25,28). The second-order valence-electron chi connectivity index (χ2n) is 8.01. The maximum atomic E-state index is 13.4. The van der Waals surface area contributed by atoms with E-state index in [2.05, 4.69) is 15.4 Å². The van der Waals surface area contributed by atoms with Gasteiger partial charge >= 0.3 is 6.09 Å². The highest BCUT2D eigenvalue weighted by Gasteiger charge is 2.25. The van der Waals surface area contributed by atoms with E-state index in [9.17, 15) is 9.18 Å². The Morgan fingerprint density at radius 3 is 2.88 bits per heavy atom. The molecule has 1 amide bonds. The first-order chi connectivity index (χ1) is 15.7. The smallest absolute Gasteiger partial charge is 0.411 e. The van der Waals surface area contributed by atoms with Crippen molar-refractivity contribution in [1.29, 1.82) is 0 Å². The maximum Gasteiger partial charge on any atom is 0.411 e. The van der Waals surface area contributed by atoms with E-state index in [1.54, 1.807) is 24.3 Å². The van der Waals surface area contributed by atoms with Gasteiger partial charge in [-0.05, 0) is 56.6 Å². The van der Waals surface area contributed by atoms with Gasteiger partial charge in [0, 0.05) is 35.7 Å². The second kappa shape index (κ2) is 9.04. The number of halogens is 1. The Morgan fingerprint density at radius 2 is 2.00 bits per heavy atom. The molecule has 2 aliphatic rings. The molecule has 168 valence electrons. The van der Waals surface area contributed by atoms with Crippen LogP contribution in [0.4, 0.5) is 14.9 Å². The van der Waals surface area contributed by atoms with Crippen molar-refractivity contribution < 1.29 is 27.9 Å². The van der Waals surface area contributed by atoms with E-state index in [0.29, 0.717) is 35.3 Å². The zero-order valence-electron chi connectivity index (χ0n) is 17.5. The first kappa shape index (κ1) is 20.6. The molecule has 1 N–H and O–H groups in total. The zero-order valence-corrected chi connectivity index (χ0v) is 17.5. The van der Waals surface area contributed by atoms with Crippen LogP contribution in [0.25, 0.3) is 11.0 Å². The lowest BCUT2D eigenvalue weighted by Crippen LogP contribution is -2.34. The topological polar surface area (TPSA) is 86.1 Å². The van der Waals surface area contributed by atoms with Crippen molar-refractivity contribution in [2.45, 2.75) is 25.2 Å². The number of rotatable bonds is 6. The molecule has 2 aliphatic heterocycles. The molecule has 1 fully saturated rings. The van der Waals surface area contributed by atoms with Crippen LogP contribution in [0.15, 0.2) is 40.9 Å². The summed E-state index contributed by atoms with van der Waals surface area (Å²) in [7, 11) is 0. The summed E-state index contributed by atoms with van der Waals surface area (Å²) < 4.78 is 34.5. The van der Waals surface area contributed by atoms with E-state index in [4.69, 9.17) is 18.7 Å². The minimum atomic E-state index is -0.489. The van der Waals surface area contributed by atoms with Gasteiger partial charge in [0.25, 0.3) is 0 Å². The highest BCUT2D eigenvalue weighted by atomic mass is 19.1. The van der Waals surface area contributed by atoms with Crippen molar-refractivity contribution in [2.24, 2.45) is 0 Å². The van der Waals surface area contributed by atoms with Crippen LogP contribution in [-0.4, -0.2) is 49.2 Å². The molecule has 2 aromatic carbocycles.